The average Bonchev–Trinajstić information content (AvgIpc) is 3.13. The summed E-state index contributed by atoms with van der Waals surface area (Å²) in [5.74, 6) is -0.104. The first-order chi connectivity index (χ1) is 10.5. The third kappa shape index (κ3) is 3.14. The maximum absolute atomic E-state index is 12.4. The number of urea groups is 1. The van der Waals surface area contributed by atoms with Gasteiger partial charge in [-0.2, -0.15) is 0 Å². The van der Waals surface area contributed by atoms with Crippen molar-refractivity contribution < 1.29 is 9.59 Å². The first kappa shape index (κ1) is 15.8. The number of imide groups is 1. The lowest BCUT2D eigenvalue weighted by Crippen LogP contribution is -2.49. The van der Waals surface area contributed by atoms with E-state index >= 15 is 0 Å². The number of carbonyl (C=O) groups excluding carboxylic acids is 2. The van der Waals surface area contributed by atoms with Crippen molar-refractivity contribution >= 4 is 34.9 Å². The molecule has 5 nitrogen and oxygen atoms in total. The summed E-state index contributed by atoms with van der Waals surface area (Å²) in [5.41, 5.74) is -0.0416. The number of nitrogens with one attached hydrogen (secondary N) is 1. The minimum atomic E-state index is -0.268. The van der Waals surface area contributed by atoms with E-state index in [0.717, 1.165) is 30.1 Å². The van der Waals surface area contributed by atoms with Crippen LogP contribution in [0.4, 0.5) is 4.79 Å². The maximum atomic E-state index is 12.4. The Balaban J connectivity index is 1.67. The van der Waals surface area contributed by atoms with Gasteiger partial charge in [-0.1, -0.05) is 11.6 Å². The quantitative estimate of drug-likeness (QED) is 0.914. The molecule has 1 aromatic rings. The van der Waals surface area contributed by atoms with E-state index in [9.17, 15) is 9.59 Å². The van der Waals surface area contributed by atoms with E-state index in [2.05, 4.69) is 23.2 Å². The second-order valence-electron chi connectivity index (χ2n) is 6.18. The van der Waals surface area contributed by atoms with Crippen LogP contribution in [0.25, 0.3) is 0 Å². The van der Waals surface area contributed by atoms with Gasteiger partial charge in [0.15, 0.2) is 0 Å². The number of carbonyl (C=O) groups is 2. The molecule has 1 atom stereocenters. The first-order valence-corrected chi connectivity index (χ1v) is 8.75. The fourth-order valence-corrected chi connectivity index (χ4v) is 4.60. The molecular weight excluding hydrogens is 322 g/mol. The molecule has 0 bridgehead atoms. The van der Waals surface area contributed by atoms with Gasteiger partial charge in [0, 0.05) is 23.5 Å². The Hall–Kier alpha value is -1.11. The normalized spacial score (nSPS) is 25.7. The summed E-state index contributed by atoms with van der Waals surface area (Å²) in [5, 5.41) is 2.67. The van der Waals surface area contributed by atoms with Crippen LogP contribution >= 0.6 is 22.9 Å². The van der Waals surface area contributed by atoms with Crippen LogP contribution < -0.4 is 5.32 Å². The van der Waals surface area contributed by atoms with Crippen molar-refractivity contribution in [3.8, 4) is 0 Å². The molecular formula is C15H20ClN3O2S. The summed E-state index contributed by atoms with van der Waals surface area (Å²) in [6, 6.07) is 3.71. The fraction of sp³-hybridized carbons (Fsp3) is 0.600. The molecule has 1 unspecified atom stereocenters. The van der Waals surface area contributed by atoms with Crippen LogP contribution in [-0.4, -0.2) is 53.5 Å². The zero-order valence-electron chi connectivity index (χ0n) is 12.6. The van der Waals surface area contributed by atoms with Gasteiger partial charge in [-0.05, 0) is 44.9 Å². The minimum Gasteiger partial charge on any atom is -0.336 e. The van der Waals surface area contributed by atoms with Crippen LogP contribution in [0.2, 0.25) is 4.34 Å². The molecule has 1 aromatic heterocycles. The number of amides is 3. The van der Waals surface area contributed by atoms with Gasteiger partial charge < -0.3 is 5.32 Å². The highest BCUT2D eigenvalue weighted by molar-refractivity contribution is 7.16. The lowest BCUT2D eigenvalue weighted by Gasteiger charge is -2.35. The van der Waals surface area contributed by atoms with Gasteiger partial charge in [-0.25, -0.2) is 4.79 Å². The van der Waals surface area contributed by atoms with Crippen molar-refractivity contribution in [2.75, 3.05) is 26.2 Å². The molecule has 2 saturated heterocycles. The maximum Gasteiger partial charge on any atom is 0.324 e. The predicted octanol–water partition coefficient (Wildman–Crippen LogP) is 2.35. The Labute approximate surface area is 139 Å². The summed E-state index contributed by atoms with van der Waals surface area (Å²) < 4.78 is 0.799. The van der Waals surface area contributed by atoms with Crippen molar-refractivity contribution in [2.45, 2.75) is 31.7 Å². The van der Waals surface area contributed by atoms with E-state index < -0.39 is 0 Å². The predicted molar refractivity (Wildman–Crippen MR) is 87.4 cm³/mol. The van der Waals surface area contributed by atoms with Gasteiger partial charge in [0.25, 0.3) is 0 Å². The summed E-state index contributed by atoms with van der Waals surface area (Å²) in [6.07, 6.45) is 3.03. The van der Waals surface area contributed by atoms with E-state index in [1.807, 2.05) is 6.07 Å². The van der Waals surface area contributed by atoms with Gasteiger partial charge in [-0.15, -0.1) is 11.3 Å². The van der Waals surface area contributed by atoms with Crippen LogP contribution in [0.5, 0.6) is 0 Å². The molecule has 0 aliphatic carbocycles. The van der Waals surface area contributed by atoms with E-state index in [4.69, 9.17) is 11.6 Å². The van der Waals surface area contributed by atoms with E-state index in [0.29, 0.717) is 19.6 Å². The molecule has 0 saturated carbocycles. The number of likely N-dealkylation sites (tertiary alicyclic amines) is 1. The molecule has 1 N–H and O–H groups in total. The number of thiophene rings is 1. The van der Waals surface area contributed by atoms with Crippen LogP contribution in [0.1, 0.15) is 24.6 Å². The molecule has 3 amide bonds. The van der Waals surface area contributed by atoms with Gasteiger partial charge >= 0.3 is 6.03 Å². The van der Waals surface area contributed by atoms with E-state index in [-0.39, 0.29) is 17.5 Å². The highest BCUT2D eigenvalue weighted by Crippen LogP contribution is 2.35. The van der Waals surface area contributed by atoms with Crippen molar-refractivity contribution in [3.63, 3.8) is 0 Å². The minimum absolute atomic E-state index is 0.0416. The highest BCUT2D eigenvalue weighted by atomic mass is 35.5. The molecule has 0 aromatic carbocycles. The van der Waals surface area contributed by atoms with Crippen LogP contribution in [0.15, 0.2) is 12.1 Å². The first-order valence-electron chi connectivity index (χ1n) is 7.55. The van der Waals surface area contributed by atoms with E-state index in [1.165, 1.54) is 9.78 Å². The van der Waals surface area contributed by atoms with Gasteiger partial charge in [-0.3, -0.25) is 14.6 Å². The average molecular weight is 342 g/mol. The van der Waals surface area contributed by atoms with Gasteiger partial charge in [0.05, 0.1) is 10.9 Å². The summed E-state index contributed by atoms with van der Waals surface area (Å²) in [6.45, 7) is 4.43. The standard InChI is InChI=1S/C15H20ClN3O2S/c1-15(9-11-3-4-12(16)22-11)5-2-7-18(15)10-13(20)19-8-6-17-14(19)21/h3-4H,2,5-10H2,1H3,(H,17,21). The Morgan fingerprint density at radius 1 is 1.45 bits per heavy atom. The van der Waals surface area contributed by atoms with Crippen molar-refractivity contribution in [3.05, 3.63) is 21.3 Å². The lowest BCUT2D eigenvalue weighted by molar-refractivity contribution is -0.129. The number of hydrogen-bond acceptors (Lipinski definition) is 4. The topological polar surface area (TPSA) is 52.7 Å². The molecule has 22 heavy (non-hydrogen) atoms. The Morgan fingerprint density at radius 2 is 2.27 bits per heavy atom. The third-order valence-electron chi connectivity index (χ3n) is 4.57. The monoisotopic (exact) mass is 341 g/mol. The fourth-order valence-electron chi connectivity index (χ4n) is 3.33. The summed E-state index contributed by atoms with van der Waals surface area (Å²) >= 11 is 7.61. The molecule has 7 heteroatoms. The Morgan fingerprint density at radius 3 is 2.91 bits per heavy atom. The molecule has 0 radical (unpaired) electrons. The van der Waals surface area contributed by atoms with Gasteiger partial charge in [0.1, 0.15) is 0 Å². The molecule has 3 rings (SSSR count). The van der Waals surface area contributed by atoms with Crippen molar-refractivity contribution in [1.29, 1.82) is 0 Å². The summed E-state index contributed by atoms with van der Waals surface area (Å²) in [7, 11) is 0. The molecule has 2 aliphatic heterocycles. The second-order valence-corrected chi connectivity index (χ2v) is 7.98. The number of hydrogen-bond donors (Lipinski definition) is 1. The SMILES string of the molecule is CC1(Cc2ccc(Cl)s2)CCCN1CC(=O)N1CCNC1=O. The number of halogens is 1. The zero-order chi connectivity index (χ0) is 15.7. The summed E-state index contributed by atoms with van der Waals surface area (Å²) in [4.78, 5) is 28.7. The van der Waals surface area contributed by atoms with Crippen LogP contribution in [0, 0.1) is 0 Å². The van der Waals surface area contributed by atoms with Crippen molar-refractivity contribution in [1.82, 2.24) is 15.1 Å². The third-order valence-corrected chi connectivity index (χ3v) is 5.81. The smallest absolute Gasteiger partial charge is 0.324 e. The zero-order valence-corrected chi connectivity index (χ0v) is 14.2. The lowest BCUT2D eigenvalue weighted by atomic mass is 9.93. The van der Waals surface area contributed by atoms with Crippen LogP contribution in [0.3, 0.4) is 0 Å². The Kier molecular flexibility index (Phi) is 4.43. The number of rotatable bonds is 4. The van der Waals surface area contributed by atoms with Gasteiger partial charge in [0.2, 0.25) is 5.91 Å². The molecule has 3 heterocycles. The number of nitrogens with zero attached hydrogens (tertiary/aromatic N) is 2. The van der Waals surface area contributed by atoms with Crippen LogP contribution in [-0.2, 0) is 11.2 Å². The van der Waals surface area contributed by atoms with E-state index in [1.54, 1.807) is 11.3 Å². The highest BCUT2D eigenvalue weighted by Gasteiger charge is 2.39. The molecule has 2 aliphatic rings. The van der Waals surface area contributed by atoms with Crippen molar-refractivity contribution in [2.24, 2.45) is 0 Å². The Bertz CT molecular complexity index is 591. The second kappa shape index (κ2) is 6.18. The largest absolute Gasteiger partial charge is 0.336 e. The molecule has 0 spiro atoms. The molecule has 120 valence electrons. The molecule has 2 fully saturated rings.